The summed E-state index contributed by atoms with van der Waals surface area (Å²) in [6.07, 6.45) is 3.85. The molecule has 0 bridgehead atoms. The molecule has 0 radical (unpaired) electrons. The fourth-order valence-corrected chi connectivity index (χ4v) is 4.90. The summed E-state index contributed by atoms with van der Waals surface area (Å²) >= 11 is 0. The molecule has 0 spiro atoms. The monoisotopic (exact) mass is 526 g/mol. The number of rotatable bonds is 7. The maximum atomic E-state index is 13.3. The Hall–Kier alpha value is -3.75. The Labute approximate surface area is 230 Å². The number of nitrogens with one attached hydrogen (secondary N) is 2. The van der Waals surface area contributed by atoms with E-state index in [4.69, 9.17) is 9.84 Å². The van der Waals surface area contributed by atoms with Crippen molar-refractivity contribution in [1.29, 1.82) is 0 Å². The molecule has 2 aromatic carbocycles. The molecule has 1 saturated heterocycles. The number of aromatic nitrogens is 3. The third-order valence-corrected chi connectivity index (χ3v) is 7.15. The van der Waals surface area contributed by atoms with Gasteiger partial charge in [-0.05, 0) is 55.5 Å². The number of benzene rings is 2. The predicted octanol–water partition coefficient (Wildman–Crippen LogP) is 5.94. The number of anilines is 2. The first-order chi connectivity index (χ1) is 18.8. The zero-order chi connectivity index (χ0) is 27.4. The van der Waals surface area contributed by atoms with Gasteiger partial charge in [-0.2, -0.15) is 5.10 Å². The van der Waals surface area contributed by atoms with E-state index in [9.17, 15) is 4.79 Å². The Balaban J connectivity index is 1.33. The van der Waals surface area contributed by atoms with E-state index in [0.717, 1.165) is 73.8 Å². The van der Waals surface area contributed by atoms with Crippen molar-refractivity contribution in [3.63, 3.8) is 0 Å². The number of hydrogen-bond donors (Lipinski definition) is 2. The number of nitrogens with zero attached hydrogens (tertiary/aromatic N) is 4. The summed E-state index contributed by atoms with van der Waals surface area (Å²) in [7, 11) is 0. The topological polar surface area (TPSA) is 84.3 Å². The second kappa shape index (κ2) is 11.6. The minimum atomic E-state index is -0.318. The fourth-order valence-electron chi connectivity index (χ4n) is 4.90. The van der Waals surface area contributed by atoms with E-state index >= 15 is 0 Å². The lowest BCUT2D eigenvalue weighted by atomic mass is 9.92. The Morgan fingerprint density at radius 3 is 2.49 bits per heavy atom. The van der Waals surface area contributed by atoms with E-state index < -0.39 is 0 Å². The molecule has 8 heteroatoms. The van der Waals surface area contributed by atoms with Crippen LogP contribution in [0.4, 0.5) is 16.3 Å². The molecule has 1 aliphatic rings. The van der Waals surface area contributed by atoms with Crippen LogP contribution in [-0.4, -0.2) is 58.5 Å². The van der Waals surface area contributed by atoms with Gasteiger partial charge in [0.25, 0.3) is 0 Å². The van der Waals surface area contributed by atoms with Gasteiger partial charge in [0.2, 0.25) is 0 Å². The molecule has 8 nitrogen and oxygen atoms in total. The fraction of sp³-hybridized carbons (Fsp3) is 0.387. The number of urea groups is 1. The molecule has 0 saturated carbocycles. The first-order valence-corrected chi connectivity index (χ1v) is 13.7. The molecule has 204 valence electrons. The lowest BCUT2D eigenvalue weighted by molar-refractivity contribution is 0.0375. The highest BCUT2D eigenvalue weighted by Gasteiger charge is 2.22. The number of aryl methyl sites for hydroxylation is 2. The first-order valence-electron chi connectivity index (χ1n) is 13.7. The van der Waals surface area contributed by atoms with Gasteiger partial charge in [0.05, 0.1) is 36.5 Å². The zero-order valence-electron chi connectivity index (χ0n) is 23.3. The second-order valence-electron chi connectivity index (χ2n) is 11.2. The molecule has 3 heterocycles. The van der Waals surface area contributed by atoms with E-state index in [1.807, 2.05) is 37.3 Å². The Morgan fingerprint density at radius 1 is 1.00 bits per heavy atom. The van der Waals surface area contributed by atoms with Gasteiger partial charge < -0.3 is 10.1 Å². The van der Waals surface area contributed by atoms with Gasteiger partial charge in [-0.25, -0.2) is 9.48 Å². The highest BCUT2D eigenvalue weighted by molar-refractivity contribution is 6.06. The van der Waals surface area contributed by atoms with E-state index in [1.54, 1.807) is 10.9 Å². The Kier molecular flexibility index (Phi) is 7.95. The van der Waals surface area contributed by atoms with E-state index in [1.165, 1.54) is 10.9 Å². The molecule has 0 aliphatic carbocycles. The third-order valence-electron chi connectivity index (χ3n) is 7.15. The van der Waals surface area contributed by atoms with Gasteiger partial charge >= 0.3 is 6.03 Å². The first kappa shape index (κ1) is 26.8. The van der Waals surface area contributed by atoms with Crippen LogP contribution in [0.5, 0.6) is 0 Å². The van der Waals surface area contributed by atoms with Crippen molar-refractivity contribution in [2.24, 2.45) is 0 Å². The van der Waals surface area contributed by atoms with Crippen molar-refractivity contribution in [1.82, 2.24) is 19.7 Å². The van der Waals surface area contributed by atoms with Crippen LogP contribution >= 0.6 is 0 Å². The predicted molar refractivity (Wildman–Crippen MR) is 157 cm³/mol. The van der Waals surface area contributed by atoms with Gasteiger partial charge in [0.15, 0.2) is 0 Å². The van der Waals surface area contributed by atoms with Crippen molar-refractivity contribution < 1.29 is 9.53 Å². The van der Waals surface area contributed by atoms with Crippen molar-refractivity contribution in [3.05, 3.63) is 77.7 Å². The summed E-state index contributed by atoms with van der Waals surface area (Å²) < 4.78 is 7.20. The van der Waals surface area contributed by atoms with Crippen LogP contribution in [0.1, 0.15) is 44.1 Å². The molecule has 2 aromatic heterocycles. The van der Waals surface area contributed by atoms with Gasteiger partial charge in [-0.1, -0.05) is 51.1 Å². The number of fused-ring (bicyclic) bond motifs is 1. The minimum absolute atomic E-state index is 0.176. The molecule has 2 amide bonds. The lowest BCUT2D eigenvalue weighted by Crippen LogP contribution is -2.36. The van der Waals surface area contributed by atoms with Crippen LogP contribution in [0.3, 0.4) is 0 Å². The number of pyridine rings is 1. The molecule has 1 aliphatic heterocycles. The summed E-state index contributed by atoms with van der Waals surface area (Å²) in [5.41, 5.74) is 4.49. The molecule has 5 rings (SSSR count). The van der Waals surface area contributed by atoms with Crippen LogP contribution in [0.25, 0.3) is 16.5 Å². The minimum Gasteiger partial charge on any atom is -0.379 e. The second-order valence-corrected chi connectivity index (χ2v) is 11.2. The number of amides is 2. The van der Waals surface area contributed by atoms with E-state index in [0.29, 0.717) is 5.82 Å². The van der Waals surface area contributed by atoms with Gasteiger partial charge in [0, 0.05) is 35.7 Å². The standard InChI is InChI=1S/C31H38N6O2/c1-22-11-13-24(21-32-22)37-29(20-28(35-37)31(2,3)4)34-30(38)33-27-14-12-23(25-9-5-6-10-26(25)27)8-7-15-36-16-18-39-19-17-36/h5-6,9-14,20-21H,7-8,15-19H2,1-4H3,(H2,33,34,38). The van der Waals surface area contributed by atoms with Gasteiger partial charge in [-0.15, -0.1) is 0 Å². The number of ether oxygens (including phenoxy) is 1. The van der Waals surface area contributed by atoms with E-state index in [-0.39, 0.29) is 11.4 Å². The highest BCUT2D eigenvalue weighted by Crippen LogP contribution is 2.29. The molecular weight excluding hydrogens is 488 g/mol. The average molecular weight is 527 g/mol. The van der Waals surface area contributed by atoms with Crippen molar-refractivity contribution >= 4 is 28.3 Å². The van der Waals surface area contributed by atoms with Crippen LogP contribution < -0.4 is 10.6 Å². The molecule has 1 fully saturated rings. The molecule has 4 aromatic rings. The van der Waals surface area contributed by atoms with Crippen molar-refractivity contribution in [3.8, 4) is 5.69 Å². The number of morpholine rings is 1. The highest BCUT2D eigenvalue weighted by atomic mass is 16.5. The third kappa shape index (κ3) is 6.46. The zero-order valence-corrected chi connectivity index (χ0v) is 23.3. The number of hydrogen-bond acceptors (Lipinski definition) is 5. The quantitative estimate of drug-likeness (QED) is 0.312. The summed E-state index contributed by atoms with van der Waals surface area (Å²) in [6, 6.07) is 17.9. The van der Waals surface area contributed by atoms with Crippen LogP contribution in [0.2, 0.25) is 0 Å². The summed E-state index contributed by atoms with van der Waals surface area (Å²) in [6.45, 7) is 13.0. The molecule has 39 heavy (non-hydrogen) atoms. The molecule has 0 unspecified atom stereocenters. The number of carbonyl (C=O) groups excluding carboxylic acids is 1. The Bertz CT molecular complexity index is 1430. The van der Waals surface area contributed by atoms with Crippen LogP contribution in [-0.2, 0) is 16.6 Å². The summed E-state index contributed by atoms with van der Waals surface area (Å²) in [4.78, 5) is 20.1. The van der Waals surface area contributed by atoms with Crippen LogP contribution in [0.15, 0.2) is 60.8 Å². The normalized spacial score (nSPS) is 14.5. The van der Waals surface area contributed by atoms with Crippen molar-refractivity contribution in [2.75, 3.05) is 43.5 Å². The maximum absolute atomic E-state index is 13.3. The maximum Gasteiger partial charge on any atom is 0.324 e. The Morgan fingerprint density at radius 2 is 1.77 bits per heavy atom. The van der Waals surface area contributed by atoms with Crippen LogP contribution in [0, 0.1) is 6.92 Å². The molecule has 2 N–H and O–H groups in total. The SMILES string of the molecule is Cc1ccc(-n2nc(C(C)(C)C)cc2NC(=O)Nc2ccc(CCCN3CCOCC3)c3ccccc23)cn1. The largest absolute Gasteiger partial charge is 0.379 e. The van der Waals surface area contributed by atoms with Gasteiger partial charge in [-0.3, -0.25) is 15.2 Å². The smallest absolute Gasteiger partial charge is 0.324 e. The summed E-state index contributed by atoms with van der Waals surface area (Å²) in [5, 5.41) is 13.1. The summed E-state index contributed by atoms with van der Waals surface area (Å²) in [5.74, 6) is 0.590. The average Bonchev–Trinajstić information content (AvgIpc) is 3.35. The van der Waals surface area contributed by atoms with Gasteiger partial charge in [0.1, 0.15) is 5.82 Å². The van der Waals surface area contributed by atoms with E-state index in [2.05, 4.69) is 65.6 Å². The van der Waals surface area contributed by atoms with Crippen molar-refractivity contribution in [2.45, 2.75) is 46.0 Å². The molecule has 0 atom stereocenters. The lowest BCUT2D eigenvalue weighted by Gasteiger charge is -2.26. The number of carbonyl (C=O) groups is 1. The molecular formula is C31H38N6O2.